The standard InChI is InChI=1S/C26H19F3N2O5S.C8H5F3O/c1-34-21-10-8-17(13-22(21)35-2)25(33)18(11-14-3-6-16(7-4-14)26(27,28)29)23(24(32)36-25)15-5-9-19-20(12-15)31-37-30-19;9-8(10,11)7-3-1-6(5-12)2-4-7/h3-10,12-13,33H,11H2,1-2H3;1-5H. The van der Waals surface area contributed by atoms with E-state index in [9.17, 15) is 41.0 Å². The van der Waals surface area contributed by atoms with E-state index in [1.165, 1.54) is 38.5 Å². The molecule has 1 aliphatic rings. The van der Waals surface area contributed by atoms with E-state index >= 15 is 0 Å². The number of carbonyl (C=O) groups excluding carboxylic acids is 2. The third-order valence-corrected chi connectivity index (χ3v) is 8.07. The molecular formula is C34H24F6N2O6S. The molecule has 2 heterocycles. The van der Waals surface area contributed by atoms with Crippen molar-refractivity contribution >= 4 is 40.6 Å². The Morgan fingerprint density at radius 3 is 1.96 bits per heavy atom. The Labute approximate surface area is 278 Å². The highest BCUT2D eigenvalue weighted by molar-refractivity contribution is 7.00. The molecular weight excluding hydrogens is 678 g/mol. The SMILES string of the molecule is COc1ccc(C2(O)OC(=O)C(c3ccc4nsnc4c3)=C2Cc2ccc(C(F)(F)F)cc2)cc1OC.O=Cc1ccc(C(F)(F)F)cc1. The maximum absolute atomic E-state index is 13.2. The number of aldehydes is 1. The zero-order chi connectivity index (χ0) is 35.6. The number of hydrogen-bond acceptors (Lipinski definition) is 9. The van der Waals surface area contributed by atoms with Crippen LogP contribution in [0, 0.1) is 0 Å². The van der Waals surface area contributed by atoms with Gasteiger partial charge in [-0.25, -0.2) is 4.79 Å². The molecule has 0 fully saturated rings. The van der Waals surface area contributed by atoms with E-state index in [0.29, 0.717) is 39.9 Å². The molecule has 0 saturated heterocycles. The van der Waals surface area contributed by atoms with Gasteiger partial charge in [-0.15, -0.1) is 0 Å². The number of nitrogens with zero attached hydrogens (tertiary/aromatic N) is 2. The molecule has 15 heteroatoms. The van der Waals surface area contributed by atoms with Crippen molar-refractivity contribution in [3.05, 3.63) is 124 Å². The van der Waals surface area contributed by atoms with Crippen LogP contribution < -0.4 is 9.47 Å². The Bertz CT molecular complexity index is 2020. The van der Waals surface area contributed by atoms with Crippen molar-refractivity contribution in [3.8, 4) is 11.5 Å². The highest BCUT2D eigenvalue weighted by Crippen LogP contribution is 2.46. The third kappa shape index (κ3) is 7.42. The molecule has 0 saturated carbocycles. The van der Waals surface area contributed by atoms with Crippen LogP contribution in [0.5, 0.6) is 11.5 Å². The monoisotopic (exact) mass is 702 g/mol. The van der Waals surface area contributed by atoms with Crippen molar-refractivity contribution in [2.24, 2.45) is 0 Å². The van der Waals surface area contributed by atoms with Crippen molar-refractivity contribution in [1.29, 1.82) is 0 Å². The lowest BCUT2D eigenvalue weighted by atomic mass is 9.87. The summed E-state index contributed by atoms with van der Waals surface area (Å²) in [6, 6.07) is 18.1. The Balaban J connectivity index is 0.000000330. The summed E-state index contributed by atoms with van der Waals surface area (Å²) < 4.78 is 99.6. The first-order valence-electron chi connectivity index (χ1n) is 14.1. The van der Waals surface area contributed by atoms with Gasteiger partial charge in [0.25, 0.3) is 5.79 Å². The molecule has 1 unspecified atom stereocenters. The molecule has 0 aliphatic carbocycles. The van der Waals surface area contributed by atoms with E-state index in [4.69, 9.17) is 14.2 Å². The molecule has 1 aliphatic heterocycles. The second-order valence-electron chi connectivity index (χ2n) is 10.5. The average molecular weight is 703 g/mol. The predicted molar refractivity (Wildman–Crippen MR) is 166 cm³/mol. The summed E-state index contributed by atoms with van der Waals surface area (Å²) in [4.78, 5) is 23.3. The van der Waals surface area contributed by atoms with E-state index in [1.807, 2.05) is 0 Å². The number of cyclic esters (lactones) is 1. The van der Waals surface area contributed by atoms with Gasteiger partial charge in [-0.05, 0) is 65.7 Å². The van der Waals surface area contributed by atoms with Crippen LogP contribution in [0.2, 0.25) is 0 Å². The molecule has 0 bridgehead atoms. The van der Waals surface area contributed by atoms with Gasteiger partial charge in [-0.3, -0.25) is 4.79 Å². The van der Waals surface area contributed by atoms with E-state index < -0.39 is 35.2 Å². The fourth-order valence-electron chi connectivity index (χ4n) is 5.02. The molecule has 8 nitrogen and oxygen atoms in total. The van der Waals surface area contributed by atoms with Crippen LogP contribution in [-0.4, -0.2) is 40.3 Å². The first-order chi connectivity index (χ1) is 23.2. The van der Waals surface area contributed by atoms with Crippen LogP contribution in [0.4, 0.5) is 26.3 Å². The fourth-order valence-corrected chi connectivity index (χ4v) is 5.54. The number of methoxy groups -OCH3 is 2. The number of alkyl halides is 6. The van der Waals surface area contributed by atoms with Crippen molar-refractivity contribution in [1.82, 2.24) is 8.75 Å². The summed E-state index contributed by atoms with van der Waals surface area (Å²) in [6.45, 7) is 0. The lowest BCUT2D eigenvalue weighted by molar-refractivity contribution is -0.185. The predicted octanol–water partition coefficient (Wildman–Crippen LogP) is 7.64. The van der Waals surface area contributed by atoms with E-state index in [1.54, 1.807) is 24.3 Å². The van der Waals surface area contributed by atoms with E-state index in [0.717, 1.165) is 48.1 Å². The molecule has 6 rings (SSSR count). The lowest BCUT2D eigenvalue weighted by Crippen LogP contribution is -2.29. The molecule has 4 aromatic carbocycles. The van der Waals surface area contributed by atoms with Crippen molar-refractivity contribution in [3.63, 3.8) is 0 Å². The number of rotatable bonds is 7. The molecule has 1 N–H and O–H groups in total. The minimum atomic E-state index is -4.49. The van der Waals surface area contributed by atoms with E-state index in [-0.39, 0.29) is 28.7 Å². The maximum Gasteiger partial charge on any atom is 0.416 e. The Morgan fingerprint density at radius 1 is 0.796 bits per heavy atom. The second kappa shape index (κ2) is 13.7. The molecule has 1 atom stereocenters. The number of ether oxygens (including phenoxy) is 3. The molecule has 254 valence electrons. The van der Waals surface area contributed by atoms with Gasteiger partial charge in [0.05, 0.1) is 42.6 Å². The van der Waals surface area contributed by atoms with Gasteiger partial charge >= 0.3 is 18.3 Å². The van der Waals surface area contributed by atoms with Crippen LogP contribution in [0.15, 0.2) is 90.5 Å². The third-order valence-electron chi connectivity index (χ3n) is 7.51. The van der Waals surface area contributed by atoms with Gasteiger partial charge in [0.2, 0.25) is 0 Å². The largest absolute Gasteiger partial charge is 0.493 e. The first-order valence-corrected chi connectivity index (χ1v) is 14.8. The highest BCUT2D eigenvalue weighted by Gasteiger charge is 2.48. The van der Waals surface area contributed by atoms with Gasteiger partial charge in [0.15, 0.2) is 11.5 Å². The van der Waals surface area contributed by atoms with Gasteiger partial charge in [-0.1, -0.05) is 30.3 Å². The van der Waals surface area contributed by atoms with Crippen molar-refractivity contribution in [2.75, 3.05) is 14.2 Å². The van der Waals surface area contributed by atoms with Crippen LogP contribution in [0.25, 0.3) is 16.6 Å². The smallest absolute Gasteiger partial charge is 0.416 e. The van der Waals surface area contributed by atoms with Gasteiger partial charge in [0.1, 0.15) is 17.3 Å². The number of esters is 1. The van der Waals surface area contributed by atoms with E-state index in [2.05, 4.69) is 8.75 Å². The van der Waals surface area contributed by atoms with Crippen LogP contribution >= 0.6 is 11.7 Å². The number of aliphatic hydroxyl groups is 1. The molecule has 0 spiro atoms. The fraction of sp³-hybridized carbons (Fsp3) is 0.176. The molecule has 0 amide bonds. The minimum Gasteiger partial charge on any atom is -0.493 e. The summed E-state index contributed by atoms with van der Waals surface area (Å²) in [6.07, 6.45) is -8.40. The molecule has 0 radical (unpaired) electrons. The summed E-state index contributed by atoms with van der Waals surface area (Å²) in [5.41, 5.74) is 1.19. The number of aromatic nitrogens is 2. The maximum atomic E-state index is 13.2. The van der Waals surface area contributed by atoms with Crippen LogP contribution in [0.3, 0.4) is 0 Å². The van der Waals surface area contributed by atoms with Gasteiger partial charge < -0.3 is 19.3 Å². The Hall–Kier alpha value is -5.28. The van der Waals surface area contributed by atoms with Crippen LogP contribution in [-0.2, 0) is 34.1 Å². The van der Waals surface area contributed by atoms with Gasteiger partial charge in [-0.2, -0.15) is 35.1 Å². The number of halogens is 6. The number of carbonyl (C=O) groups is 2. The quantitative estimate of drug-likeness (QED) is 0.105. The number of benzene rings is 4. The second-order valence-corrected chi connectivity index (χ2v) is 11.1. The molecule has 1 aromatic heterocycles. The average Bonchev–Trinajstić information content (AvgIpc) is 3.65. The molecule has 49 heavy (non-hydrogen) atoms. The summed E-state index contributed by atoms with van der Waals surface area (Å²) in [7, 11) is 2.88. The summed E-state index contributed by atoms with van der Waals surface area (Å²) in [5.74, 6) is -2.32. The topological polar surface area (TPSA) is 108 Å². The summed E-state index contributed by atoms with van der Waals surface area (Å²) in [5, 5.41) is 11.8. The summed E-state index contributed by atoms with van der Waals surface area (Å²) >= 11 is 1.02. The highest BCUT2D eigenvalue weighted by atomic mass is 32.1. The Kier molecular flexibility index (Phi) is 9.78. The number of fused-ring (bicyclic) bond motifs is 1. The van der Waals surface area contributed by atoms with Crippen LogP contribution in [0.1, 0.15) is 38.2 Å². The number of hydrogen-bond donors (Lipinski definition) is 1. The minimum absolute atomic E-state index is 0.0720. The first kappa shape index (κ1) is 35.0. The van der Waals surface area contributed by atoms with Crippen molar-refractivity contribution in [2.45, 2.75) is 24.6 Å². The van der Waals surface area contributed by atoms with Gasteiger partial charge in [0, 0.05) is 23.1 Å². The van der Waals surface area contributed by atoms with Crippen molar-refractivity contribution < 1.29 is 55.2 Å². The normalized spacial score (nSPS) is 16.2. The zero-order valence-electron chi connectivity index (χ0n) is 25.4. The Morgan fingerprint density at radius 2 is 1.39 bits per heavy atom. The zero-order valence-corrected chi connectivity index (χ0v) is 26.2. The molecule has 5 aromatic rings. The lowest BCUT2D eigenvalue weighted by Gasteiger charge is -2.26.